The van der Waals surface area contributed by atoms with Crippen LogP contribution in [0, 0.1) is 5.41 Å². The fourth-order valence-corrected chi connectivity index (χ4v) is 1.54. The van der Waals surface area contributed by atoms with Crippen molar-refractivity contribution in [3.05, 3.63) is 0 Å². The topological polar surface area (TPSA) is 77.8 Å². The van der Waals surface area contributed by atoms with Crippen LogP contribution in [0.3, 0.4) is 0 Å². The van der Waals surface area contributed by atoms with Gasteiger partial charge >= 0.3 is 12.1 Å². The Bertz CT molecular complexity index is 325. The van der Waals surface area contributed by atoms with Crippen molar-refractivity contribution >= 4 is 11.9 Å². The van der Waals surface area contributed by atoms with Gasteiger partial charge in [0.15, 0.2) is 0 Å². The Morgan fingerprint density at radius 1 is 1.29 bits per heavy atom. The molecule has 0 aromatic rings. The standard InChI is InChI=1S/C9H12F3NO4/c10-9(11,12)5-13(3-4-14)6(15)8(1-2-8)7(16)17/h14H,1-5H2,(H,16,17). The Labute approximate surface area is 94.8 Å². The molecule has 2 N–H and O–H groups in total. The van der Waals surface area contributed by atoms with Gasteiger partial charge in [0, 0.05) is 6.54 Å². The molecule has 0 aliphatic heterocycles. The Kier molecular flexibility index (Phi) is 3.65. The molecule has 17 heavy (non-hydrogen) atoms. The van der Waals surface area contributed by atoms with E-state index >= 15 is 0 Å². The van der Waals surface area contributed by atoms with Crippen molar-refractivity contribution in [2.24, 2.45) is 5.41 Å². The summed E-state index contributed by atoms with van der Waals surface area (Å²) in [5, 5.41) is 17.4. The first-order chi connectivity index (χ1) is 7.73. The number of hydrogen-bond donors (Lipinski definition) is 2. The van der Waals surface area contributed by atoms with Gasteiger partial charge in [-0.2, -0.15) is 13.2 Å². The smallest absolute Gasteiger partial charge is 0.406 e. The van der Waals surface area contributed by atoms with Gasteiger partial charge in [0.25, 0.3) is 0 Å². The van der Waals surface area contributed by atoms with Gasteiger partial charge < -0.3 is 15.1 Å². The maximum absolute atomic E-state index is 12.2. The van der Waals surface area contributed by atoms with Gasteiger partial charge in [-0.15, -0.1) is 0 Å². The average Bonchev–Trinajstić information content (AvgIpc) is 2.94. The van der Waals surface area contributed by atoms with Gasteiger partial charge in [-0.05, 0) is 12.8 Å². The van der Waals surface area contributed by atoms with Gasteiger partial charge in [-0.25, -0.2) is 0 Å². The van der Waals surface area contributed by atoms with Crippen LogP contribution in [0.4, 0.5) is 13.2 Å². The highest BCUT2D eigenvalue weighted by atomic mass is 19.4. The number of halogens is 3. The van der Waals surface area contributed by atoms with E-state index in [4.69, 9.17) is 10.2 Å². The van der Waals surface area contributed by atoms with Crippen LogP contribution in [-0.4, -0.2) is 52.9 Å². The lowest BCUT2D eigenvalue weighted by molar-refractivity contribution is -0.170. The molecule has 5 nitrogen and oxygen atoms in total. The molecule has 8 heteroatoms. The fraction of sp³-hybridized carbons (Fsp3) is 0.778. The van der Waals surface area contributed by atoms with Crippen LogP contribution in [0.2, 0.25) is 0 Å². The summed E-state index contributed by atoms with van der Waals surface area (Å²) in [6, 6.07) is 0. The van der Waals surface area contributed by atoms with Crippen molar-refractivity contribution in [3.63, 3.8) is 0 Å². The number of carboxylic acids is 1. The molecule has 1 saturated carbocycles. The van der Waals surface area contributed by atoms with E-state index < -0.39 is 43.2 Å². The first-order valence-electron chi connectivity index (χ1n) is 4.93. The van der Waals surface area contributed by atoms with E-state index in [1.807, 2.05) is 0 Å². The number of carbonyl (C=O) groups is 2. The second-order valence-electron chi connectivity index (χ2n) is 3.95. The lowest BCUT2D eigenvalue weighted by Gasteiger charge is -2.25. The van der Waals surface area contributed by atoms with E-state index in [1.54, 1.807) is 0 Å². The first-order valence-corrected chi connectivity index (χ1v) is 4.93. The van der Waals surface area contributed by atoms with E-state index in [0.717, 1.165) is 0 Å². The number of alkyl halides is 3. The molecule has 1 amide bonds. The van der Waals surface area contributed by atoms with E-state index in [2.05, 4.69) is 0 Å². The minimum absolute atomic E-state index is 0.0426. The summed E-state index contributed by atoms with van der Waals surface area (Å²) in [6.45, 7) is -2.70. The zero-order chi connectivity index (χ0) is 13.3. The van der Waals surface area contributed by atoms with Crippen LogP contribution < -0.4 is 0 Å². The average molecular weight is 255 g/mol. The molecule has 1 fully saturated rings. The minimum Gasteiger partial charge on any atom is -0.480 e. The number of aliphatic hydroxyl groups excluding tert-OH is 1. The lowest BCUT2D eigenvalue weighted by Crippen LogP contribution is -2.46. The summed E-state index contributed by atoms with van der Waals surface area (Å²) >= 11 is 0. The van der Waals surface area contributed by atoms with Crippen molar-refractivity contribution in [2.45, 2.75) is 19.0 Å². The Morgan fingerprint density at radius 2 is 1.82 bits per heavy atom. The summed E-state index contributed by atoms with van der Waals surface area (Å²) in [5.41, 5.74) is -1.71. The summed E-state index contributed by atoms with van der Waals surface area (Å²) in [7, 11) is 0. The SMILES string of the molecule is O=C(O)C1(C(=O)N(CCO)CC(F)(F)F)CC1. The van der Waals surface area contributed by atoms with Crippen molar-refractivity contribution in [1.82, 2.24) is 4.90 Å². The van der Waals surface area contributed by atoms with E-state index in [-0.39, 0.29) is 12.8 Å². The molecule has 0 aromatic heterocycles. The van der Waals surface area contributed by atoms with Crippen molar-refractivity contribution in [2.75, 3.05) is 19.7 Å². The molecular formula is C9H12F3NO4. The molecule has 0 spiro atoms. The first kappa shape index (κ1) is 13.8. The van der Waals surface area contributed by atoms with Crippen LogP contribution in [0.25, 0.3) is 0 Å². The Hall–Kier alpha value is -1.31. The molecule has 0 unspecified atom stereocenters. The number of aliphatic carboxylic acids is 1. The molecule has 0 atom stereocenters. The minimum atomic E-state index is -4.61. The predicted molar refractivity (Wildman–Crippen MR) is 49.0 cm³/mol. The molecule has 1 aliphatic carbocycles. The normalized spacial score (nSPS) is 17.6. The quantitative estimate of drug-likeness (QED) is 0.689. The maximum atomic E-state index is 12.2. The van der Waals surface area contributed by atoms with Crippen LogP contribution in [-0.2, 0) is 9.59 Å². The molecular weight excluding hydrogens is 243 g/mol. The molecule has 98 valence electrons. The van der Waals surface area contributed by atoms with Crippen molar-refractivity contribution < 1.29 is 33.0 Å². The molecule has 1 rings (SSSR count). The second kappa shape index (κ2) is 4.52. The largest absolute Gasteiger partial charge is 0.480 e. The maximum Gasteiger partial charge on any atom is 0.406 e. The molecule has 0 saturated heterocycles. The summed E-state index contributed by atoms with van der Waals surface area (Å²) in [5.74, 6) is -2.48. The highest BCUT2D eigenvalue weighted by Gasteiger charge is 2.59. The molecule has 0 heterocycles. The van der Waals surface area contributed by atoms with Crippen molar-refractivity contribution in [1.29, 1.82) is 0 Å². The highest BCUT2D eigenvalue weighted by Crippen LogP contribution is 2.47. The summed E-state index contributed by atoms with van der Waals surface area (Å²) in [6.07, 6.45) is -4.53. The fourth-order valence-electron chi connectivity index (χ4n) is 1.54. The zero-order valence-corrected chi connectivity index (χ0v) is 8.83. The van der Waals surface area contributed by atoms with Gasteiger partial charge in [0.05, 0.1) is 6.61 Å². The number of hydrogen-bond acceptors (Lipinski definition) is 3. The monoisotopic (exact) mass is 255 g/mol. The third-order valence-electron chi connectivity index (χ3n) is 2.60. The molecule has 0 aromatic carbocycles. The van der Waals surface area contributed by atoms with Gasteiger partial charge in [0.2, 0.25) is 5.91 Å². The van der Waals surface area contributed by atoms with E-state index in [1.165, 1.54) is 0 Å². The van der Waals surface area contributed by atoms with Crippen LogP contribution >= 0.6 is 0 Å². The third-order valence-corrected chi connectivity index (χ3v) is 2.60. The third kappa shape index (κ3) is 3.09. The number of aliphatic hydroxyl groups is 1. The second-order valence-corrected chi connectivity index (χ2v) is 3.95. The van der Waals surface area contributed by atoms with Gasteiger partial charge in [0.1, 0.15) is 12.0 Å². The zero-order valence-electron chi connectivity index (χ0n) is 8.83. The highest BCUT2D eigenvalue weighted by molar-refractivity contribution is 6.04. The number of amides is 1. The Morgan fingerprint density at radius 3 is 2.12 bits per heavy atom. The lowest BCUT2D eigenvalue weighted by atomic mass is 10.1. The Balaban J connectivity index is 2.78. The van der Waals surface area contributed by atoms with Crippen molar-refractivity contribution in [3.8, 4) is 0 Å². The van der Waals surface area contributed by atoms with Gasteiger partial charge in [-0.1, -0.05) is 0 Å². The summed E-state index contributed by atoms with van der Waals surface area (Å²) in [4.78, 5) is 22.8. The summed E-state index contributed by atoms with van der Waals surface area (Å²) < 4.78 is 36.5. The van der Waals surface area contributed by atoms with E-state index in [0.29, 0.717) is 4.90 Å². The molecule has 0 bridgehead atoms. The molecule has 0 radical (unpaired) electrons. The number of rotatable bonds is 5. The van der Waals surface area contributed by atoms with Crippen LogP contribution in [0.5, 0.6) is 0 Å². The number of carbonyl (C=O) groups excluding carboxylic acids is 1. The molecule has 1 aliphatic rings. The van der Waals surface area contributed by atoms with E-state index in [9.17, 15) is 22.8 Å². The van der Waals surface area contributed by atoms with Crippen LogP contribution in [0.1, 0.15) is 12.8 Å². The van der Waals surface area contributed by atoms with Crippen LogP contribution in [0.15, 0.2) is 0 Å². The van der Waals surface area contributed by atoms with Gasteiger partial charge in [-0.3, -0.25) is 9.59 Å². The number of carboxylic acid groups (broad SMARTS) is 1. The predicted octanol–water partition coefficient (Wildman–Crippen LogP) is 0.234. The number of nitrogens with zero attached hydrogens (tertiary/aromatic N) is 1.